The van der Waals surface area contributed by atoms with Gasteiger partial charge in [-0.15, -0.1) is 0 Å². The fourth-order valence-electron chi connectivity index (χ4n) is 3.27. The van der Waals surface area contributed by atoms with E-state index in [-0.39, 0.29) is 16.9 Å². The average molecular weight is 397 g/mol. The molecule has 0 aliphatic rings. The molecule has 0 saturated heterocycles. The van der Waals surface area contributed by atoms with Crippen molar-refractivity contribution in [1.82, 2.24) is 14.8 Å². The molecule has 2 aromatic heterocycles. The largest absolute Gasteiger partial charge is 0.478 e. The number of pyridine rings is 1. The SMILES string of the molecule is Cc1ccc(=N)n(C(=N)Cc2ccc3ncc(-c4cccc(C(=O)O)c4)cc3c2)n1. The minimum atomic E-state index is -0.970. The Balaban J connectivity index is 1.67. The maximum atomic E-state index is 11.2. The summed E-state index contributed by atoms with van der Waals surface area (Å²) in [5.74, 6) is -0.760. The fraction of sp³-hybridized carbons (Fsp3) is 0.0870. The third kappa shape index (κ3) is 3.86. The lowest BCUT2D eigenvalue weighted by atomic mass is 10.0. The lowest BCUT2D eigenvalue weighted by Gasteiger charge is -2.10. The van der Waals surface area contributed by atoms with Crippen LogP contribution in [0.4, 0.5) is 0 Å². The van der Waals surface area contributed by atoms with Crippen molar-refractivity contribution in [2.45, 2.75) is 13.3 Å². The molecule has 0 bridgehead atoms. The number of nitrogens with one attached hydrogen (secondary N) is 2. The van der Waals surface area contributed by atoms with Crippen molar-refractivity contribution in [2.24, 2.45) is 0 Å². The molecule has 30 heavy (non-hydrogen) atoms. The van der Waals surface area contributed by atoms with E-state index in [9.17, 15) is 9.90 Å². The van der Waals surface area contributed by atoms with Gasteiger partial charge in [0.05, 0.1) is 16.8 Å². The van der Waals surface area contributed by atoms with Gasteiger partial charge in [-0.05, 0) is 60.5 Å². The second-order valence-electron chi connectivity index (χ2n) is 7.03. The molecule has 2 aromatic carbocycles. The zero-order chi connectivity index (χ0) is 21.3. The van der Waals surface area contributed by atoms with Crippen LogP contribution in [0, 0.1) is 17.7 Å². The number of aromatic carboxylic acids is 1. The number of carbonyl (C=O) groups is 1. The van der Waals surface area contributed by atoms with E-state index in [1.54, 1.807) is 36.5 Å². The lowest BCUT2D eigenvalue weighted by molar-refractivity contribution is 0.0697. The van der Waals surface area contributed by atoms with E-state index in [1.807, 2.05) is 37.3 Å². The van der Waals surface area contributed by atoms with Gasteiger partial charge < -0.3 is 5.11 Å². The molecule has 0 aliphatic heterocycles. The Bertz CT molecular complexity index is 1360. The summed E-state index contributed by atoms with van der Waals surface area (Å²) in [6.07, 6.45) is 2.05. The molecule has 0 amide bonds. The predicted octanol–water partition coefficient (Wildman–Crippen LogP) is 3.65. The smallest absolute Gasteiger partial charge is 0.335 e. The van der Waals surface area contributed by atoms with Gasteiger partial charge in [-0.3, -0.25) is 15.8 Å². The van der Waals surface area contributed by atoms with Crippen molar-refractivity contribution < 1.29 is 9.90 Å². The maximum Gasteiger partial charge on any atom is 0.335 e. The van der Waals surface area contributed by atoms with Gasteiger partial charge in [0.15, 0.2) is 0 Å². The van der Waals surface area contributed by atoms with Gasteiger partial charge >= 0.3 is 5.97 Å². The Kier molecular flexibility index (Phi) is 4.93. The van der Waals surface area contributed by atoms with Crippen LogP contribution in [0.2, 0.25) is 0 Å². The van der Waals surface area contributed by atoms with Crippen molar-refractivity contribution >= 4 is 22.7 Å². The number of rotatable bonds is 4. The molecule has 0 fully saturated rings. The number of benzene rings is 2. The van der Waals surface area contributed by atoms with E-state index >= 15 is 0 Å². The van der Waals surface area contributed by atoms with Crippen LogP contribution < -0.4 is 5.49 Å². The Labute approximate surface area is 172 Å². The van der Waals surface area contributed by atoms with Gasteiger partial charge in [-0.25, -0.2) is 9.48 Å². The molecule has 0 unspecified atom stereocenters. The molecule has 0 atom stereocenters. The molecule has 0 saturated carbocycles. The van der Waals surface area contributed by atoms with Gasteiger partial charge in [0.25, 0.3) is 0 Å². The van der Waals surface area contributed by atoms with Gasteiger partial charge in [-0.2, -0.15) is 5.10 Å². The highest BCUT2D eigenvalue weighted by Gasteiger charge is 2.09. The van der Waals surface area contributed by atoms with Gasteiger partial charge in [0, 0.05) is 23.6 Å². The first-order valence-corrected chi connectivity index (χ1v) is 9.32. The zero-order valence-corrected chi connectivity index (χ0v) is 16.3. The number of hydrogen-bond acceptors (Lipinski definition) is 5. The van der Waals surface area contributed by atoms with E-state index in [4.69, 9.17) is 10.8 Å². The normalized spacial score (nSPS) is 10.8. The van der Waals surface area contributed by atoms with Crippen LogP contribution in [0.5, 0.6) is 0 Å². The molecule has 4 rings (SSSR count). The zero-order valence-electron chi connectivity index (χ0n) is 16.3. The number of carboxylic acids is 1. The standard InChI is InChI=1S/C23H19N5O2/c1-14-5-8-21(24)28(27-14)22(25)10-15-6-7-20-18(9-15)12-19(13-26-20)16-3-2-4-17(11-16)23(29)30/h2-9,11-13,24-25H,10H2,1H3,(H,29,30). The van der Waals surface area contributed by atoms with Crippen LogP contribution in [0.25, 0.3) is 22.0 Å². The second kappa shape index (κ2) is 7.71. The fourth-order valence-corrected chi connectivity index (χ4v) is 3.27. The summed E-state index contributed by atoms with van der Waals surface area (Å²) in [7, 11) is 0. The molecule has 0 aliphatic carbocycles. The summed E-state index contributed by atoms with van der Waals surface area (Å²) in [6.45, 7) is 1.83. The minimum absolute atomic E-state index is 0.161. The topological polar surface area (TPSA) is 116 Å². The van der Waals surface area contributed by atoms with Gasteiger partial charge in [0.1, 0.15) is 11.3 Å². The van der Waals surface area contributed by atoms with Crippen molar-refractivity contribution in [3.63, 3.8) is 0 Å². The summed E-state index contributed by atoms with van der Waals surface area (Å²) < 4.78 is 1.33. The second-order valence-corrected chi connectivity index (χ2v) is 7.03. The summed E-state index contributed by atoms with van der Waals surface area (Å²) in [6, 6.07) is 17.8. The molecule has 2 heterocycles. The van der Waals surface area contributed by atoms with Gasteiger partial charge in [-0.1, -0.05) is 18.2 Å². The number of hydrogen-bond donors (Lipinski definition) is 3. The van der Waals surface area contributed by atoms with Crippen LogP contribution in [0.15, 0.2) is 66.9 Å². The third-order valence-corrected chi connectivity index (χ3v) is 4.78. The van der Waals surface area contributed by atoms with E-state index in [0.29, 0.717) is 6.42 Å². The van der Waals surface area contributed by atoms with Gasteiger partial charge in [0.2, 0.25) is 0 Å². The first-order chi connectivity index (χ1) is 14.4. The van der Waals surface area contributed by atoms with Crippen LogP contribution in [-0.4, -0.2) is 31.7 Å². The maximum absolute atomic E-state index is 11.2. The lowest BCUT2D eigenvalue weighted by Crippen LogP contribution is -2.30. The van der Waals surface area contributed by atoms with Crippen LogP contribution >= 0.6 is 0 Å². The third-order valence-electron chi connectivity index (χ3n) is 4.78. The number of aromatic nitrogens is 3. The highest BCUT2D eigenvalue weighted by molar-refractivity contribution is 5.91. The Morgan fingerprint density at radius 2 is 1.90 bits per heavy atom. The average Bonchev–Trinajstić information content (AvgIpc) is 2.75. The van der Waals surface area contributed by atoms with Crippen molar-refractivity contribution in [3.8, 4) is 11.1 Å². The summed E-state index contributed by atoms with van der Waals surface area (Å²) >= 11 is 0. The minimum Gasteiger partial charge on any atom is -0.478 e. The molecule has 0 spiro atoms. The van der Waals surface area contributed by atoms with E-state index < -0.39 is 5.97 Å². The number of fused-ring (bicyclic) bond motifs is 1. The highest BCUT2D eigenvalue weighted by Crippen LogP contribution is 2.24. The quantitative estimate of drug-likeness (QED) is 0.360. The highest BCUT2D eigenvalue weighted by atomic mass is 16.4. The molecule has 148 valence electrons. The first-order valence-electron chi connectivity index (χ1n) is 9.32. The van der Waals surface area contributed by atoms with Crippen LogP contribution in [-0.2, 0) is 6.42 Å². The van der Waals surface area contributed by atoms with Crippen LogP contribution in [0.1, 0.15) is 21.6 Å². The molecular weight excluding hydrogens is 378 g/mol. The first kappa shape index (κ1) is 19.2. The monoisotopic (exact) mass is 397 g/mol. The number of nitrogens with zero attached hydrogens (tertiary/aromatic N) is 3. The van der Waals surface area contributed by atoms with E-state index in [2.05, 4.69) is 10.1 Å². The van der Waals surface area contributed by atoms with E-state index in [1.165, 1.54) is 4.68 Å². The van der Waals surface area contributed by atoms with Crippen LogP contribution in [0.3, 0.4) is 0 Å². The Morgan fingerprint density at radius 3 is 2.70 bits per heavy atom. The van der Waals surface area contributed by atoms with Crippen molar-refractivity contribution in [2.75, 3.05) is 0 Å². The summed E-state index contributed by atoms with van der Waals surface area (Å²) in [4.78, 5) is 15.7. The molecule has 4 aromatic rings. The molecule has 0 radical (unpaired) electrons. The van der Waals surface area contributed by atoms with E-state index in [0.717, 1.165) is 33.3 Å². The summed E-state index contributed by atoms with van der Waals surface area (Å²) in [5, 5.41) is 30.7. The molecular formula is C23H19N5O2. The molecule has 3 N–H and O–H groups in total. The number of aryl methyl sites for hydroxylation is 1. The molecule has 7 nitrogen and oxygen atoms in total. The Hall–Kier alpha value is -4.13. The summed E-state index contributed by atoms with van der Waals surface area (Å²) in [5.41, 5.74) is 4.44. The van der Waals surface area contributed by atoms with Crippen molar-refractivity contribution in [3.05, 3.63) is 89.2 Å². The van der Waals surface area contributed by atoms with Crippen molar-refractivity contribution in [1.29, 1.82) is 10.8 Å². The predicted molar refractivity (Wildman–Crippen MR) is 114 cm³/mol. The Morgan fingerprint density at radius 1 is 1.07 bits per heavy atom. The molecule has 7 heteroatoms. The number of carboxylic acid groups (broad SMARTS) is 1.